The molecule has 0 fully saturated rings. The molecule has 0 N–H and O–H groups in total. The minimum atomic E-state index is -5.17. The van der Waals surface area contributed by atoms with E-state index in [1.54, 1.807) is 12.1 Å². The molecule has 0 saturated carbocycles. The molecule has 0 aliphatic rings. The zero-order chi connectivity index (χ0) is 11.1. The third kappa shape index (κ3) is 3.00. The Bertz CT molecular complexity index is 417. The van der Waals surface area contributed by atoms with E-state index in [4.69, 9.17) is 61.5 Å². The van der Waals surface area contributed by atoms with Crippen LogP contribution in [0.4, 0.5) is 0 Å². The summed E-state index contributed by atoms with van der Waals surface area (Å²) in [5.74, 6) is 0. The summed E-state index contributed by atoms with van der Waals surface area (Å²) in [6.45, 7) is 0. The Morgan fingerprint density at radius 3 is 2.07 bits per heavy atom. The van der Waals surface area contributed by atoms with Gasteiger partial charge in [-0.15, -0.1) is 0 Å². The molecule has 0 aromatic carbocycles. The van der Waals surface area contributed by atoms with Gasteiger partial charge in [-0.05, 0) is 0 Å². The van der Waals surface area contributed by atoms with Gasteiger partial charge in [0.15, 0.2) is 0 Å². The second-order valence-electron chi connectivity index (χ2n) is 2.56. The molecule has 8 heteroatoms. The van der Waals surface area contributed by atoms with E-state index in [2.05, 4.69) is 0 Å². The number of hydrogen-bond donors (Lipinski definition) is 0. The number of nitrogens with zero attached hydrogens (tertiary/aromatic N) is 2. The third-order valence-corrected chi connectivity index (χ3v) is 4.97. The zero-order valence-corrected chi connectivity index (χ0v) is 11.2. The van der Waals surface area contributed by atoms with Gasteiger partial charge < -0.3 is 0 Å². The Balaban J connectivity index is 3.60. The first kappa shape index (κ1) is 12.6. The maximum atomic E-state index is 8.77. The maximum absolute atomic E-state index is 8.77. The molecule has 0 atom stereocenters. The second-order valence-corrected chi connectivity index (χ2v) is 22.6. The van der Waals surface area contributed by atoms with Crippen molar-refractivity contribution in [2.45, 2.75) is 0 Å². The van der Waals surface area contributed by atoms with E-state index in [1.165, 1.54) is 12.3 Å². The molecule has 14 heavy (non-hydrogen) atoms. The zero-order valence-electron chi connectivity index (χ0n) is 6.54. The number of halogens is 5. The van der Waals surface area contributed by atoms with E-state index in [0.717, 1.165) is 4.34 Å². The molecule has 1 aromatic rings. The summed E-state index contributed by atoms with van der Waals surface area (Å²) in [7, 11) is 0. The first-order chi connectivity index (χ1) is 6.04. The van der Waals surface area contributed by atoms with Crippen molar-refractivity contribution in [3.8, 4) is 6.07 Å². The molecular formula is C6H4Cl5N2P. The Morgan fingerprint density at radius 1 is 1.14 bits per heavy atom. The normalized spacial score (nSPS) is 16.6. The Kier molecular flexibility index (Phi) is 2.71. The Morgan fingerprint density at radius 2 is 1.71 bits per heavy atom. The van der Waals surface area contributed by atoms with Crippen molar-refractivity contribution in [2.75, 3.05) is 0 Å². The third-order valence-electron chi connectivity index (χ3n) is 1.36. The standard InChI is InChI=1S/C6H4Cl5N2P/c7-14(8,9,10,11)13-4-2-1-3-6(13)5-12/h1-4H. The molecule has 0 unspecified atom stereocenters. The summed E-state index contributed by atoms with van der Waals surface area (Å²) in [6.07, 6.45) is 1.35. The predicted molar refractivity (Wildman–Crippen MR) is 62.9 cm³/mol. The van der Waals surface area contributed by atoms with Crippen molar-refractivity contribution in [1.82, 2.24) is 0 Å². The average molecular weight is 312 g/mol. The molecule has 1 rings (SSSR count). The summed E-state index contributed by atoms with van der Waals surface area (Å²) in [5.41, 5.74) is 0.0769. The fourth-order valence-corrected chi connectivity index (χ4v) is 3.68. The quantitative estimate of drug-likeness (QED) is 0.703. The first-order valence-electron chi connectivity index (χ1n) is 3.29. The van der Waals surface area contributed by atoms with E-state index in [1.807, 2.05) is 6.07 Å². The van der Waals surface area contributed by atoms with Crippen molar-refractivity contribution in [3.05, 3.63) is 30.1 Å². The van der Waals surface area contributed by atoms with Gasteiger partial charge >= 0.3 is 105 Å². The van der Waals surface area contributed by atoms with Crippen LogP contribution >= 0.6 is 59.1 Å². The van der Waals surface area contributed by atoms with Crippen LogP contribution in [0.3, 0.4) is 0 Å². The van der Waals surface area contributed by atoms with E-state index >= 15 is 0 Å². The molecule has 0 amide bonds. The van der Waals surface area contributed by atoms with Gasteiger partial charge in [0, 0.05) is 0 Å². The van der Waals surface area contributed by atoms with Gasteiger partial charge in [0.05, 0.1) is 0 Å². The van der Waals surface area contributed by atoms with Crippen molar-refractivity contribution >= 4 is 59.1 Å². The molecule has 0 aliphatic heterocycles. The van der Waals surface area contributed by atoms with E-state index in [9.17, 15) is 0 Å². The molecule has 0 aliphatic carbocycles. The average Bonchev–Trinajstić information content (AvgIpc) is 2.00. The molecule has 2 nitrogen and oxygen atoms in total. The van der Waals surface area contributed by atoms with E-state index < -0.39 is 2.86 Å². The van der Waals surface area contributed by atoms with Gasteiger partial charge in [-0.25, -0.2) is 0 Å². The first-order valence-corrected chi connectivity index (χ1v) is 10.5. The molecule has 0 spiro atoms. The number of nitriles is 1. The van der Waals surface area contributed by atoms with Crippen LogP contribution in [-0.4, -0.2) is 0 Å². The Hall–Kier alpha value is 0.520. The number of rotatable bonds is 1. The van der Waals surface area contributed by atoms with Crippen LogP contribution in [0, 0.1) is 11.3 Å². The van der Waals surface area contributed by atoms with E-state index in [-0.39, 0.29) is 5.69 Å². The monoisotopic (exact) mass is 310 g/mol. The minimum absolute atomic E-state index is 0.0769. The number of aromatic nitrogens is 1. The topological polar surface area (TPSA) is 27.7 Å². The molecule has 1 aromatic heterocycles. The summed E-state index contributed by atoms with van der Waals surface area (Å²) in [4.78, 5) is 0. The van der Waals surface area contributed by atoms with Gasteiger partial charge in [0.25, 0.3) is 0 Å². The van der Waals surface area contributed by atoms with Crippen molar-refractivity contribution < 1.29 is 4.34 Å². The van der Waals surface area contributed by atoms with Crippen molar-refractivity contribution in [3.63, 3.8) is 0 Å². The molecule has 1 heterocycles. The SMILES string of the molecule is N#Cc1cccc[n+]1[P-](Cl)(Cl)(Cl)(Cl)Cl. The van der Waals surface area contributed by atoms with Gasteiger partial charge in [0.1, 0.15) is 0 Å². The van der Waals surface area contributed by atoms with Crippen molar-refractivity contribution in [1.29, 1.82) is 5.26 Å². The summed E-state index contributed by atoms with van der Waals surface area (Å²) < 4.78 is -4.20. The van der Waals surface area contributed by atoms with Crippen LogP contribution in [0.5, 0.6) is 0 Å². The summed E-state index contributed by atoms with van der Waals surface area (Å²) >= 11 is 28.8. The fraction of sp³-hybridized carbons (Fsp3) is 0. The fourth-order valence-electron chi connectivity index (χ4n) is 0.853. The number of pyridine rings is 1. The summed E-state index contributed by atoms with van der Waals surface area (Å²) in [5, 5.41) is 8.77. The molecule has 0 radical (unpaired) electrons. The molecule has 0 saturated heterocycles. The van der Waals surface area contributed by atoms with Gasteiger partial charge in [-0.3, -0.25) is 0 Å². The molecular weight excluding hydrogens is 308 g/mol. The molecule has 78 valence electrons. The van der Waals surface area contributed by atoms with E-state index in [0.29, 0.717) is 0 Å². The predicted octanol–water partition coefficient (Wildman–Crippen LogP) is 4.47. The van der Waals surface area contributed by atoms with Gasteiger partial charge in [0.2, 0.25) is 0 Å². The van der Waals surface area contributed by atoms with Crippen LogP contribution < -0.4 is 4.34 Å². The van der Waals surface area contributed by atoms with Crippen molar-refractivity contribution in [2.24, 2.45) is 0 Å². The van der Waals surface area contributed by atoms with Crippen LogP contribution in [-0.2, 0) is 0 Å². The van der Waals surface area contributed by atoms with Gasteiger partial charge in [-0.2, -0.15) is 0 Å². The number of hydrogen-bond acceptors (Lipinski definition) is 1. The van der Waals surface area contributed by atoms with Crippen LogP contribution in [0.25, 0.3) is 0 Å². The summed E-state index contributed by atoms with van der Waals surface area (Å²) in [6, 6.07) is 6.44. The molecule has 0 bridgehead atoms. The Labute approximate surface area is 104 Å². The van der Waals surface area contributed by atoms with Crippen LogP contribution in [0.15, 0.2) is 24.4 Å². The van der Waals surface area contributed by atoms with Crippen LogP contribution in [0.2, 0.25) is 0 Å². The van der Waals surface area contributed by atoms with Gasteiger partial charge in [-0.1, -0.05) is 0 Å². The second kappa shape index (κ2) is 3.01. The van der Waals surface area contributed by atoms with Crippen LogP contribution in [0.1, 0.15) is 5.69 Å².